The number of urea groups is 1. The molecule has 0 unspecified atom stereocenters. The van der Waals surface area contributed by atoms with Gasteiger partial charge in [0, 0.05) is 12.4 Å². The molecule has 2 aromatic rings. The summed E-state index contributed by atoms with van der Waals surface area (Å²) >= 11 is 0. The second-order valence-corrected chi connectivity index (χ2v) is 6.54. The molecule has 3 heterocycles. The minimum atomic E-state index is -0.842. The lowest BCUT2D eigenvalue weighted by molar-refractivity contribution is -0.121. The maximum Gasteiger partial charge on any atom is 0.329 e. The summed E-state index contributed by atoms with van der Waals surface area (Å²) < 4.78 is 1.62. The van der Waals surface area contributed by atoms with E-state index in [2.05, 4.69) is 22.3 Å². The van der Waals surface area contributed by atoms with E-state index in [1.807, 2.05) is 0 Å². The van der Waals surface area contributed by atoms with Crippen LogP contribution >= 0.6 is 0 Å². The number of amides is 3. The molecule has 1 atom stereocenters. The number of rotatable bonds is 7. The van der Waals surface area contributed by atoms with Crippen LogP contribution in [0.5, 0.6) is 0 Å². The molecule has 0 radical (unpaired) electrons. The Labute approximate surface area is 147 Å². The Morgan fingerprint density at radius 2 is 2.04 bits per heavy atom. The molecule has 25 heavy (non-hydrogen) atoms. The number of aromatic nitrogens is 3. The van der Waals surface area contributed by atoms with Crippen LogP contribution in [0.3, 0.4) is 0 Å². The maximum atomic E-state index is 12.8. The lowest BCUT2D eigenvalue weighted by Gasteiger charge is -2.21. The Kier molecular flexibility index (Phi) is 4.83. The maximum absolute atomic E-state index is 12.8. The summed E-state index contributed by atoms with van der Waals surface area (Å²) in [5.41, 5.74) is -0.374. The zero-order valence-electron chi connectivity index (χ0n) is 14.6. The van der Waals surface area contributed by atoms with Crippen LogP contribution in [-0.2, 0) is 4.79 Å². The molecule has 3 rings (SSSR count). The molecule has 1 saturated heterocycles. The Hall–Kier alpha value is -2.70. The first-order valence-corrected chi connectivity index (χ1v) is 8.68. The summed E-state index contributed by atoms with van der Waals surface area (Å²) in [6.45, 7) is 3.94. The fraction of sp³-hybridized carbons (Fsp3) is 0.444. The molecular formula is C18H23N5O2. The summed E-state index contributed by atoms with van der Waals surface area (Å²) in [6, 6.07) is 4.86. The molecule has 132 valence electrons. The van der Waals surface area contributed by atoms with Gasteiger partial charge in [0.25, 0.3) is 5.91 Å². The van der Waals surface area contributed by atoms with Crippen molar-refractivity contribution in [1.29, 1.82) is 0 Å². The number of anilines is 1. The Morgan fingerprint density at radius 1 is 1.20 bits per heavy atom. The van der Waals surface area contributed by atoms with Gasteiger partial charge in [0.1, 0.15) is 5.54 Å². The SMILES string of the molecule is CCCCCC[C@@]1(C)NC(=O)N(c2ccc(-n3cccn3)nc2)C1=O. The van der Waals surface area contributed by atoms with Crippen molar-refractivity contribution >= 4 is 17.6 Å². The van der Waals surface area contributed by atoms with Gasteiger partial charge < -0.3 is 5.32 Å². The highest BCUT2D eigenvalue weighted by molar-refractivity contribution is 6.23. The van der Waals surface area contributed by atoms with E-state index in [-0.39, 0.29) is 5.91 Å². The Bertz CT molecular complexity index is 741. The molecule has 1 aliphatic heterocycles. The van der Waals surface area contributed by atoms with Gasteiger partial charge in [0.2, 0.25) is 0 Å². The van der Waals surface area contributed by atoms with Crippen molar-refractivity contribution in [2.45, 2.75) is 51.5 Å². The largest absolute Gasteiger partial charge is 0.329 e. The molecule has 3 amide bonds. The van der Waals surface area contributed by atoms with Crippen LogP contribution in [0.1, 0.15) is 46.0 Å². The first-order valence-electron chi connectivity index (χ1n) is 8.68. The summed E-state index contributed by atoms with van der Waals surface area (Å²) in [5.74, 6) is 0.408. The topological polar surface area (TPSA) is 80.1 Å². The predicted octanol–water partition coefficient (Wildman–Crippen LogP) is 3.05. The number of hydrogen-bond donors (Lipinski definition) is 1. The normalized spacial score (nSPS) is 20.2. The van der Waals surface area contributed by atoms with Gasteiger partial charge in [-0.1, -0.05) is 32.6 Å². The predicted molar refractivity (Wildman–Crippen MR) is 94.5 cm³/mol. The number of carbonyl (C=O) groups excluding carboxylic acids is 2. The zero-order valence-corrected chi connectivity index (χ0v) is 14.6. The molecule has 0 aromatic carbocycles. The number of imide groups is 1. The number of pyridine rings is 1. The van der Waals surface area contributed by atoms with Crippen molar-refractivity contribution in [3.8, 4) is 5.82 Å². The van der Waals surface area contributed by atoms with Gasteiger partial charge in [-0.15, -0.1) is 0 Å². The van der Waals surface area contributed by atoms with E-state index < -0.39 is 11.6 Å². The number of carbonyl (C=O) groups is 2. The summed E-state index contributed by atoms with van der Waals surface area (Å²) in [4.78, 5) is 30.6. The first-order chi connectivity index (χ1) is 12.0. The van der Waals surface area contributed by atoms with Crippen molar-refractivity contribution < 1.29 is 9.59 Å². The van der Waals surface area contributed by atoms with Gasteiger partial charge >= 0.3 is 6.03 Å². The second kappa shape index (κ2) is 7.04. The first kappa shape index (κ1) is 17.1. The highest BCUT2D eigenvalue weighted by Crippen LogP contribution is 2.28. The molecule has 0 spiro atoms. The lowest BCUT2D eigenvalue weighted by atomic mass is 9.94. The van der Waals surface area contributed by atoms with E-state index in [9.17, 15) is 9.59 Å². The van der Waals surface area contributed by atoms with Gasteiger partial charge in [0.05, 0.1) is 11.9 Å². The number of hydrogen-bond acceptors (Lipinski definition) is 4. The van der Waals surface area contributed by atoms with Crippen LogP contribution < -0.4 is 10.2 Å². The Balaban J connectivity index is 1.74. The third kappa shape index (κ3) is 3.40. The van der Waals surface area contributed by atoms with Crippen molar-refractivity contribution in [3.63, 3.8) is 0 Å². The minimum Gasteiger partial charge on any atom is -0.323 e. The average molecular weight is 341 g/mol. The molecule has 1 fully saturated rings. The van der Waals surface area contributed by atoms with Crippen molar-refractivity contribution in [2.75, 3.05) is 4.90 Å². The number of nitrogens with zero attached hydrogens (tertiary/aromatic N) is 4. The van der Waals surface area contributed by atoms with Crippen LogP contribution in [0.15, 0.2) is 36.8 Å². The van der Waals surface area contributed by atoms with E-state index in [0.29, 0.717) is 17.9 Å². The second-order valence-electron chi connectivity index (χ2n) is 6.54. The highest BCUT2D eigenvalue weighted by atomic mass is 16.2. The van der Waals surface area contributed by atoms with E-state index in [1.165, 1.54) is 11.1 Å². The third-order valence-corrected chi connectivity index (χ3v) is 4.52. The third-order valence-electron chi connectivity index (χ3n) is 4.52. The van der Waals surface area contributed by atoms with Crippen LogP contribution in [0.2, 0.25) is 0 Å². The molecule has 2 aromatic heterocycles. The van der Waals surface area contributed by atoms with Crippen LogP contribution in [0, 0.1) is 0 Å². The average Bonchev–Trinajstić information content (AvgIpc) is 3.20. The molecular weight excluding hydrogens is 318 g/mol. The molecule has 7 nitrogen and oxygen atoms in total. The molecule has 0 bridgehead atoms. The molecule has 1 N–H and O–H groups in total. The molecule has 7 heteroatoms. The number of unbranched alkanes of at least 4 members (excludes halogenated alkanes) is 3. The standard InChI is InChI=1S/C18H23N5O2/c1-3-4-5-6-10-18(2)16(24)23(17(25)21-18)14-8-9-15(19-13-14)22-12-7-11-20-22/h7-9,11-13H,3-6,10H2,1-2H3,(H,21,25)/t18-/m1/s1. The van der Waals surface area contributed by atoms with Crippen molar-refractivity contribution in [2.24, 2.45) is 0 Å². The summed E-state index contributed by atoms with van der Waals surface area (Å²) in [6.07, 6.45) is 9.87. The summed E-state index contributed by atoms with van der Waals surface area (Å²) in [5, 5.41) is 6.95. The van der Waals surface area contributed by atoms with Crippen LogP contribution in [-0.4, -0.2) is 32.2 Å². The Morgan fingerprint density at radius 3 is 2.68 bits per heavy atom. The lowest BCUT2D eigenvalue weighted by Crippen LogP contribution is -2.43. The zero-order chi connectivity index (χ0) is 17.9. The summed E-state index contributed by atoms with van der Waals surface area (Å²) in [7, 11) is 0. The van der Waals surface area contributed by atoms with Gasteiger partial charge in [-0.25, -0.2) is 19.4 Å². The van der Waals surface area contributed by atoms with Crippen molar-refractivity contribution in [1.82, 2.24) is 20.1 Å². The van der Waals surface area contributed by atoms with E-state index >= 15 is 0 Å². The quantitative estimate of drug-likeness (QED) is 0.620. The monoisotopic (exact) mass is 341 g/mol. The molecule has 0 aliphatic carbocycles. The fourth-order valence-electron chi connectivity index (χ4n) is 3.04. The van der Waals surface area contributed by atoms with Crippen LogP contribution in [0.25, 0.3) is 5.82 Å². The molecule has 0 saturated carbocycles. The van der Waals surface area contributed by atoms with Gasteiger partial charge in [0.15, 0.2) is 5.82 Å². The van der Waals surface area contributed by atoms with E-state index in [1.54, 1.807) is 42.2 Å². The smallest absolute Gasteiger partial charge is 0.323 e. The number of nitrogens with one attached hydrogen (secondary N) is 1. The van der Waals surface area contributed by atoms with E-state index in [4.69, 9.17) is 0 Å². The van der Waals surface area contributed by atoms with Crippen LogP contribution in [0.4, 0.5) is 10.5 Å². The van der Waals surface area contributed by atoms with E-state index in [0.717, 1.165) is 25.7 Å². The van der Waals surface area contributed by atoms with Gasteiger partial charge in [-0.05, 0) is 31.5 Å². The minimum absolute atomic E-state index is 0.220. The van der Waals surface area contributed by atoms with Gasteiger partial charge in [-0.2, -0.15) is 5.10 Å². The van der Waals surface area contributed by atoms with Crippen molar-refractivity contribution in [3.05, 3.63) is 36.8 Å². The highest BCUT2D eigenvalue weighted by Gasteiger charge is 2.47. The molecule has 1 aliphatic rings. The fourth-order valence-corrected chi connectivity index (χ4v) is 3.04. The van der Waals surface area contributed by atoms with Gasteiger partial charge in [-0.3, -0.25) is 4.79 Å².